The van der Waals surface area contributed by atoms with E-state index in [1.54, 1.807) is 11.4 Å². The molecule has 25 heavy (non-hydrogen) atoms. The number of nitrogens with zero attached hydrogens (tertiary/aromatic N) is 3. The normalized spacial score (nSPS) is 10.8. The van der Waals surface area contributed by atoms with Gasteiger partial charge in [-0.2, -0.15) is 0 Å². The van der Waals surface area contributed by atoms with Gasteiger partial charge in [-0.25, -0.2) is 9.37 Å². The molecule has 1 aromatic carbocycles. The summed E-state index contributed by atoms with van der Waals surface area (Å²) in [5, 5.41) is 15.2. The molecule has 0 bridgehead atoms. The largest absolute Gasteiger partial charge is 0.323 e. The molecule has 2 heterocycles. The van der Waals surface area contributed by atoms with Gasteiger partial charge < -0.3 is 5.32 Å². The van der Waals surface area contributed by atoms with E-state index in [0.29, 0.717) is 10.2 Å². The molecule has 0 radical (unpaired) electrons. The van der Waals surface area contributed by atoms with Crippen LogP contribution in [0, 0.1) is 15.9 Å². The van der Waals surface area contributed by atoms with Crippen molar-refractivity contribution in [2.75, 3.05) is 5.32 Å². The van der Waals surface area contributed by atoms with E-state index < -0.39 is 16.6 Å². The zero-order chi connectivity index (χ0) is 18.0. The number of rotatable bonds is 5. The number of thiophene rings is 1. The number of fused-ring (bicyclic) bond motifs is 1. The summed E-state index contributed by atoms with van der Waals surface area (Å²) < 4.78 is 14.9. The molecule has 3 aromatic rings. The molecule has 128 valence electrons. The lowest BCUT2D eigenvalue weighted by Gasteiger charge is -2.08. The third kappa shape index (κ3) is 3.53. The van der Waals surface area contributed by atoms with Gasteiger partial charge >= 0.3 is 0 Å². The number of aryl methyl sites for hydroxylation is 1. The Balaban J connectivity index is 1.70. The van der Waals surface area contributed by atoms with Gasteiger partial charge in [-0.15, -0.1) is 11.3 Å². The second-order valence-electron chi connectivity index (χ2n) is 5.10. The predicted octanol–water partition coefficient (Wildman–Crippen LogP) is 2.53. The highest BCUT2D eigenvalue weighted by Crippen LogP contribution is 2.21. The van der Waals surface area contributed by atoms with Crippen molar-refractivity contribution in [3.63, 3.8) is 0 Å². The lowest BCUT2D eigenvalue weighted by Crippen LogP contribution is -2.23. The van der Waals surface area contributed by atoms with Crippen LogP contribution in [0.15, 0.2) is 40.8 Å². The summed E-state index contributed by atoms with van der Waals surface area (Å²) in [6.07, 6.45) is 1.24. The predicted molar refractivity (Wildman–Crippen MR) is 90.2 cm³/mol. The Morgan fingerprint density at radius 2 is 2.20 bits per heavy atom. The van der Waals surface area contributed by atoms with Gasteiger partial charge in [-0.3, -0.25) is 24.3 Å². The Morgan fingerprint density at radius 1 is 1.40 bits per heavy atom. The van der Waals surface area contributed by atoms with Gasteiger partial charge in [0.15, 0.2) is 0 Å². The van der Waals surface area contributed by atoms with Crippen molar-refractivity contribution in [3.05, 3.63) is 62.3 Å². The van der Waals surface area contributed by atoms with E-state index in [1.807, 2.05) is 0 Å². The zero-order valence-electron chi connectivity index (χ0n) is 12.6. The van der Waals surface area contributed by atoms with E-state index in [1.165, 1.54) is 22.2 Å². The molecule has 8 nitrogen and oxygen atoms in total. The fraction of sp³-hybridized carbons (Fsp3) is 0.133. The molecule has 1 amide bonds. The molecule has 10 heteroatoms. The summed E-state index contributed by atoms with van der Waals surface area (Å²) in [5.74, 6) is -1.35. The van der Waals surface area contributed by atoms with Crippen LogP contribution in [0.1, 0.15) is 6.42 Å². The summed E-state index contributed by atoms with van der Waals surface area (Å²) in [7, 11) is 0. The number of anilines is 1. The maximum absolute atomic E-state index is 13.7. The van der Waals surface area contributed by atoms with Crippen LogP contribution in [0.5, 0.6) is 0 Å². The minimum Gasteiger partial charge on any atom is -0.323 e. The lowest BCUT2D eigenvalue weighted by molar-refractivity contribution is -0.384. The van der Waals surface area contributed by atoms with Crippen LogP contribution in [0.25, 0.3) is 10.2 Å². The Labute approximate surface area is 143 Å². The highest BCUT2D eigenvalue weighted by molar-refractivity contribution is 7.16. The third-order valence-corrected chi connectivity index (χ3v) is 4.29. The number of hydrogen-bond donors (Lipinski definition) is 1. The minimum atomic E-state index is -0.780. The summed E-state index contributed by atoms with van der Waals surface area (Å²) in [4.78, 5) is 38.9. The molecule has 3 rings (SSSR count). The van der Waals surface area contributed by atoms with Crippen LogP contribution < -0.4 is 10.9 Å². The maximum Gasteiger partial charge on any atom is 0.271 e. The number of hydrogen-bond acceptors (Lipinski definition) is 6. The molecular weight excluding hydrogens is 351 g/mol. The SMILES string of the molecule is O=C(CCn1cnc2sccc2c1=O)Nc1cc([N+](=O)[O-])ccc1F. The van der Waals surface area contributed by atoms with Crippen molar-refractivity contribution in [3.8, 4) is 0 Å². The fourth-order valence-corrected chi connectivity index (χ4v) is 2.93. The van der Waals surface area contributed by atoms with Gasteiger partial charge in [0.25, 0.3) is 11.2 Å². The summed E-state index contributed by atoms with van der Waals surface area (Å²) in [6, 6.07) is 4.52. The Hall–Kier alpha value is -3.14. The first-order valence-corrected chi connectivity index (χ1v) is 8.00. The number of carbonyl (C=O) groups is 1. The van der Waals surface area contributed by atoms with E-state index in [-0.39, 0.29) is 29.9 Å². The number of nitrogens with one attached hydrogen (secondary N) is 1. The van der Waals surface area contributed by atoms with Crippen molar-refractivity contribution in [2.24, 2.45) is 0 Å². The van der Waals surface area contributed by atoms with E-state index in [9.17, 15) is 24.1 Å². The van der Waals surface area contributed by atoms with Crippen LogP contribution in [0.2, 0.25) is 0 Å². The first-order valence-electron chi connectivity index (χ1n) is 7.12. The van der Waals surface area contributed by atoms with Crippen LogP contribution in [0.3, 0.4) is 0 Å². The van der Waals surface area contributed by atoms with E-state index in [4.69, 9.17) is 0 Å². The quantitative estimate of drug-likeness (QED) is 0.554. The standard InChI is InChI=1S/C15H11FN4O4S/c16-11-2-1-9(20(23)24)7-12(11)18-13(21)3-5-19-8-17-14-10(15(19)22)4-6-25-14/h1-2,4,6-8H,3,5H2,(H,18,21). The number of aromatic nitrogens is 2. The second-order valence-corrected chi connectivity index (χ2v) is 6.00. The molecule has 0 saturated carbocycles. The van der Waals surface area contributed by atoms with Crippen LogP contribution in [-0.4, -0.2) is 20.4 Å². The number of benzene rings is 1. The van der Waals surface area contributed by atoms with Gasteiger partial charge in [0.05, 0.1) is 22.3 Å². The van der Waals surface area contributed by atoms with Gasteiger partial charge in [-0.05, 0) is 17.5 Å². The molecule has 0 fully saturated rings. The third-order valence-electron chi connectivity index (χ3n) is 3.47. The highest BCUT2D eigenvalue weighted by Gasteiger charge is 2.13. The number of non-ortho nitro benzene ring substituents is 1. The van der Waals surface area contributed by atoms with E-state index >= 15 is 0 Å². The molecule has 0 aliphatic carbocycles. The molecule has 0 spiro atoms. The molecule has 0 unspecified atom stereocenters. The van der Waals surface area contributed by atoms with Crippen molar-refractivity contribution < 1.29 is 14.1 Å². The van der Waals surface area contributed by atoms with Crippen LogP contribution in [-0.2, 0) is 11.3 Å². The number of amides is 1. The average molecular weight is 362 g/mol. The highest BCUT2D eigenvalue weighted by atomic mass is 32.1. The first kappa shape index (κ1) is 16.7. The maximum atomic E-state index is 13.7. The van der Waals surface area contributed by atoms with Gasteiger partial charge in [-0.1, -0.05) is 0 Å². The molecule has 1 N–H and O–H groups in total. The second kappa shape index (κ2) is 6.77. The summed E-state index contributed by atoms with van der Waals surface area (Å²) >= 11 is 1.34. The number of nitro benzene ring substituents is 1. The van der Waals surface area contributed by atoms with E-state index in [2.05, 4.69) is 10.3 Å². The summed E-state index contributed by atoms with van der Waals surface area (Å²) in [6.45, 7) is 0.0556. The first-order chi connectivity index (χ1) is 12.0. The van der Waals surface area contributed by atoms with Crippen LogP contribution in [0.4, 0.5) is 15.8 Å². The number of nitro groups is 1. The molecule has 0 aliphatic heterocycles. The molecule has 0 aliphatic rings. The topological polar surface area (TPSA) is 107 Å². The average Bonchev–Trinajstić information content (AvgIpc) is 3.05. The monoisotopic (exact) mass is 362 g/mol. The molecule has 0 saturated heterocycles. The van der Waals surface area contributed by atoms with Crippen molar-refractivity contribution >= 4 is 38.8 Å². The van der Waals surface area contributed by atoms with Gasteiger partial charge in [0.1, 0.15) is 10.6 Å². The summed E-state index contributed by atoms with van der Waals surface area (Å²) in [5.41, 5.74) is -0.876. The zero-order valence-corrected chi connectivity index (χ0v) is 13.5. The minimum absolute atomic E-state index is 0.0556. The number of halogens is 1. The van der Waals surface area contributed by atoms with Crippen molar-refractivity contribution in [2.45, 2.75) is 13.0 Å². The smallest absolute Gasteiger partial charge is 0.271 e. The van der Waals surface area contributed by atoms with E-state index in [0.717, 1.165) is 18.2 Å². The Morgan fingerprint density at radius 3 is 2.96 bits per heavy atom. The number of carbonyl (C=O) groups excluding carboxylic acids is 1. The Bertz CT molecular complexity index is 1030. The van der Waals surface area contributed by atoms with Gasteiger partial charge in [0, 0.05) is 25.1 Å². The molecule has 2 aromatic heterocycles. The molecular formula is C15H11FN4O4S. The fourth-order valence-electron chi connectivity index (χ4n) is 2.21. The lowest BCUT2D eigenvalue weighted by atomic mass is 10.2. The van der Waals surface area contributed by atoms with Crippen molar-refractivity contribution in [1.29, 1.82) is 0 Å². The van der Waals surface area contributed by atoms with Crippen LogP contribution >= 0.6 is 11.3 Å². The Kier molecular flexibility index (Phi) is 4.52. The van der Waals surface area contributed by atoms with Gasteiger partial charge in [0.2, 0.25) is 5.91 Å². The van der Waals surface area contributed by atoms with Crippen molar-refractivity contribution in [1.82, 2.24) is 9.55 Å². The molecule has 0 atom stereocenters.